The number of piperidine rings is 1. The molecule has 250 valence electrons. The standard InChI is InChI=1S/C36H43F3N6O2/c1-5-23-16-26-31(32(47-21-36(37,38)39)30(23)29-22(4)8-9-27-25(29)10-13-40-27)41-33(24-17-43(7-3)18-24)42-34(26)44-14-11-35(12-15-44)19-45(20-35)28(46)6-2/h6,8-10,13,16,24,28,40,46H,2,5,7,11-12,14-15,17-21H2,1,3-4H3. The summed E-state index contributed by atoms with van der Waals surface area (Å²) in [6, 6.07) is 8.05. The number of anilines is 1. The second kappa shape index (κ2) is 12.1. The molecule has 47 heavy (non-hydrogen) atoms. The fourth-order valence-corrected chi connectivity index (χ4v) is 7.79. The van der Waals surface area contributed by atoms with Crippen molar-refractivity contribution in [1.82, 2.24) is 24.8 Å². The molecule has 0 bridgehead atoms. The summed E-state index contributed by atoms with van der Waals surface area (Å²) in [6.45, 7) is 14.2. The minimum absolute atomic E-state index is 0.0921. The Balaban J connectivity index is 1.39. The van der Waals surface area contributed by atoms with Gasteiger partial charge < -0.3 is 24.6 Å². The average Bonchev–Trinajstić information content (AvgIpc) is 3.50. The normalized spacial score (nSPS) is 19.7. The Morgan fingerprint density at radius 2 is 1.85 bits per heavy atom. The number of halogens is 3. The zero-order valence-corrected chi connectivity index (χ0v) is 27.3. The van der Waals surface area contributed by atoms with Crippen LogP contribution < -0.4 is 9.64 Å². The SMILES string of the molecule is C=CC(O)N1CC2(CCN(c3nc(C4CN(CC)C4)nc4c(OCC(F)(F)F)c(-c5c(C)ccc6[nH]ccc56)c(CC)cc34)CC2)C1. The lowest BCUT2D eigenvalue weighted by Gasteiger charge is -2.55. The van der Waals surface area contributed by atoms with E-state index in [0.29, 0.717) is 23.3 Å². The summed E-state index contributed by atoms with van der Waals surface area (Å²) in [5.74, 6) is 1.69. The summed E-state index contributed by atoms with van der Waals surface area (Å²) < 4.78 is 47.5. The molecule has 3 saturated heterocycles. The molecule has 3 aliphatic rings. The number of likely N-dealkylation sites (N-methyl/N-ethyl adjacent to an activating group) is 1. The van der Waals surface area contributed by atoms with Crippen molar-refractivity contribution in [2.45, 2.75) is 58.4 Å². The molecule has 2 N–H and O–H groups in total. The summed E-state index contributed by atoms with van der Waals surface area (Å²) in [4.78, 5) is 20.1. The number of aliphatic hydroxyl groups is 1. The first kappa shape index (κ1) is 31.9. The maximum Gasteiger partial charge on any atom is 0.422 e. The highest BCUT2D eigenvalue weighted by Crippen LogP contribution is 2.48. The van der Waals surface area contributed by atoms with Crippen molar-refractivity contribution in [3.05, 3.63) is 60.1 Å². The van der Waals surface area contributed by atoms with Crippen molar-refractivity contribution in [3.8, 4) is 16.9 Å². The first-order valence-corrected chi connectivity index (χ1v) is 16.7. The van der Waals surface area contributed by atoms with Crippen LogP contribution in [0.1, 0.15) is 49.6 Å². The Morgan fingerprint density at radius 3 is 2.51 bits per heavy atom. The third kappa shape index (κ3) is 5.76. The Hall–Kier alpha value is -3.67. The molecule has 7 rings (SSSR count). The van der Waals surface area contributed by atoms with Crippen LogP contribution in [0.4, 0.5) is 19.0 Å². The number of alkyl halides is 3. The largest absolute Gasteiger partial charge is 0.481 e. The maximum atomic E-state index is 13.9. The number of aryl methyl sites for hydroxylation is 2. The quantitative estimate of drug-likeness (QED) is 0.203. The molecule has 3 aliphatic heterocycles. The minimum Gasteiger partial charge on any atom is -0.481 e. The van der Waals surface area contributed by atoms with Gasteiger partial charge in [-0.15, -0.1) is 0 Å². The first-order valence-electron chi connectivity index (χ1n) is 16.7. The van der Waals surface area contributed by atoms with Crippen LogP contribution in [0.2, 0.25) is 0 Å². The van der Waals surface area contributed by atoms with Gasteiger partial charge >= 0.3 is 6.18 Å². The van der Waals surface area contributed by atoms with Gasteiger partial charge in [-0.3, -0.25) is 4.90 Å². The Morgan fingerprint density at radius 1 is 1.11 bits per heavy atom. The van der Waals surface area contributed by atoms with E-state index in [1.165, 1.54) is 0 Å². The molecule has 8 nitrogen and oxygen atoms in total. The van der Waals surface area contributed by atoms with Crippen LogP contribution in [-0.4, -0.2) is 94.7 Å². The third-order valence-corrected chi connectivity index (χ3v) is 10.5. The van der Waals surface area contributed by atoms with Crippen LogP contribution >= 0.6 is 0 Å². The molecule has 2 aromatic heterocycles. The zero-order valence-electron chi connectivity index (χ0n) is 27.3. The van der Waals surface area contributed by atoms with Crippen LogP contribution in [0.3, 0.4) is 0 Å². The summed E-state index contributed by atoms with van der Waals surface area (Å²) in [5, 5.41) is 11.9. The van der Waals surface area contributed by atoms with E-state index in [1.807, 2.05) is 43.1 Å². The summed E-state index contributed by atoms with van der Waals surface area (Å²) in [5.41, 5.74) is 4.85. The van der Waals surface area contributed by atoms with E-state index in [0.717, 1.165) is 97.5 Å². The van der Waals surface area contributed by atoms with Crippen LogP contribution in [0, 0.1) is 12.3 Å². The maximum absolute atomic E-state index is 13.9. The van der Waals surface area contributed by atoms with E-state index >= 15 is 0 Å². The van der Waals surface area contributed by atoms with E-state index in [4.69, 9.17) is 14.7 Å². The average molecular weight is 649 g/mol. The van der Waals surface area contributed by atoms with Crippen molar-refractivity contribution in [1.29, 1.82) is 0 Å². The number of nitrogens with one attached hydrogen (secondary N) is 1. The van der Waals surface area contributed by atoms with Gasteiger partial charge in [0.15, 0.2) is 12.4 Å². The van der Waals surface area contributed by atoms with E-state index in [-0.39, 0.29) is 17.1 Å². The van der Waals surface area contributed by atoms with Gasteiger partial charge in [-0.1, -0.05) is 26.5 Å². The number of hydrogen-bond donors (Lipinski definition) is 2. The fraction of sp³-hybridized carbons (Fsp3) is 0.500. The predicted molar refractivity (Wildman–Crippen MR) is 179 cm³/mol. The lowest BCUT2D eigenvalue weighted by molar-refractivity contribution is -0.153. The number of nitrogens with zero attached hydrogens (tertiary/aromatic N) is 5. The highest BCUT2D eigenvalue weighted by molar-refractivity contribution is 6.05. The third-order valence-electron chi connectivity index (χ3n) is 10.5. The first-order chi connectivity index (χ1) is 22.5. The molecule has 0 amide bonds. The van der Waals surface area contributed by atoms with Gasteiger partial charge in [-0.25, -0.2) is 9.97 Å². The molecular weight excluding hydrogens is 605 g/mol. The Bertz CT molecular complexity index is 1800. The molecule has 5 heterocycles. The second-order valence-electron chi connectivity index (χ2n) is 13.6. The lowest BCUT2D eigenvalue weighted by Crippen LogP contribution is -2.62. The summed E-state index contributed by atoms with van der Waals surface area (Å²) >= 11 is 0. The number of hydrogen-bond acceptors (Lipinski definition) is 7. The summed E-state index contributed by atoms with van der Waals surface area (Å²) in [6.07, 6.45) is 0.730. The van der Waals surface area contributed by atoms with Gasteiger partial charge in [-0.05, 0) is 79.1 Å². The highest BCUT2D eigenvalue weighted by Gasteiger charge is 2.47. The van der Waals surface area contributed by atoms with Gasteiger partial charge in [0.05, 0.1) is 0 Å². The van der Waals surface area contributed by atoms with Crippen molar-refractivity contribution in [2.24, 2.45) is 5.41 Å². The number of aromatic amines is 1. The number of aromatic nitrogens is 3. The molecule has 4 aromatic rings. The number of ether oxygens (including phenoxy) is 1. The number of benzene rings is 2. The lowest BCUT2D eigenvalue weighted by atomic mass is 9.72. The van der Waals surface area contributed by atoms with E-state index in [2.05, 4.69) is 34.4 Å². The predicted octanol–water partition coefficient (Wildman–Crippen LogP) is 6.42. The molecule has 0 saturated carbocycles. The van der Waals surface area contributed by atoms with Gasteiger partial charge in [-0.2, -0.15) is 13.2 Å². The topological polar surface area (TPSA) is 80.8 Å². The van der Waals surface area contributed by atoms with Crippen LogP contribution in [-0.2, 0) is 6.42 Å². The van der Waals surface area contributed by atoms with Crippen LogP contribution in [0.5, 0.6) is 5.75 Å². The number of rotatable bonds is 9. The second-order valence-corrected chi connectivity index (χ2v) is 13.6. The number of fused-ring (bicyclic) bond motifs is 2. The van der Waals surface area contributed by atoms with Crippen molar-refractivity contribution in [2.75, 3.05) is 57.3 Å². The van der Waals surface area contributed by atoms with E-state index < -0.39 is 19.0 Å². The van der Waals surface area contributed by atoms with Gasteiger partial charge in [0.1, 0.15) is 23.4 Å². The molecular formula is C36H43F3N6O2. The Kier molecular flexibility index (Phi) is 8.21. The monoisotopic (exact) mass is 648 g/mol. The van der Waals surface area contributed by atoms with Gasteiger partial charge in [0.25, 0.3) is 0 Å². The minimum atomic E-state index is -4.52. The van der Waals surface area contributed by atoms with Crippen molar-refractivity contribution >= 4 is 27.6 Å². The molecule has 11 heteroatoms. The van der Waals surface area contributed by atoms with Crippen molar-refractivity contribution < 1.29 is 23.0 Å². The zero-order chi connectivity index (χ0) is 33.1. The van der Waals surface area contributed by atoms with Crippen LogP contribution in [0.15, 0.2) is 43.1 Å². The van der Waals surface area contributed by atoms with E-state index in [9.17, 15) is 18.3 Å². The fourth-order valence-electron chi connectivity index (χ4n) is 7.79. The number of H-pyrrole nitrogens is 1. The highest BCUT2D eigenvalue weighted by atomic mass is 19.4. The molecule has 1 unspecified atom stereocenters. The molecule has 3 fully saturated rings. The number of aliphatic hydroxyl groups excluding tert-OH is 1. The molecule has 1 spiro atoms. The van der Waals surface area contributed by atoms with Crippen LogP contribution in [0.25, 0.3) is 32.9 Å². The smallest absolute Gasteiger partial charge is 0.422 e. The van der Waals surface area contributed by atoms with Gasteiger partial charge in [0.2, 0.25) is 0 Å². The number of likely N-dealkylation sites (tertiary alicyclic amines) is 2. The molecule has 2 aromatic carbocycles. The van der Waals surface area contributed by atoms with Crippen molar-refractivity contribution in [3.63, 3.8) is 0 Å². The Labute approximate surface area is 273 Å². The molecule has 0 radical (unpaired) electrons. The van der Waals surface area contributed by atoms with Gasteiger partial charge in [0, 0.05) is 73.2 Å². The summed E-state index contributed by atoms with van der Waals surface area (Å²) in [7, 11) is 0. The molecule has 1 atom stereocenters. The van der Waals surface area contributed by atoms with E-state index in [1.54, 1.807) is 6.08 Å². The molecule has 0 aliphatic carbocycles.